The van der Waals surface area contributed by atoms with Crippen molar-refractivity contribution in [1.29, 1.82) is 0 Å². The van der Waals surface area contributed by atoms with Crippen molar-refractivity contribution in [2.45, 2.75) is 0 Å². The van der Waals surface area contributed by atoms with E-state index < -0.39 is 0 Å². The van der Waals surface area contributed by atoms with Crippen LogP contribution in [0.25, 0.3) is 0 Å². The molecule has 0 saturated carbocycles. The minimum atomic E-state index is 0.532. The molecule has 0 aliphatic rings. The van der Waals surface area contributed by atoms with Crippen LogP contribution in [0.3, 0.4) is 0 Å². The molecule has 105 heavy (non-hydrogen) atoms. The van der Waals surface area contributed by atoms with Crippen LogP contribution in [-0.4, -0.2) is 0 Å². The second-order valence-electron chi connectivity index (χ2n) is 23.5. The molecule has 486 valence electrons. The average Bonchev–Trinajstić information content (AvgIpc) is 0.837. The lowest BCUT2D eigenvalue weighted by molar-refractivity contribution is 0.460. The van der Waals surface area contributed by atoms with Gasteiger partial charge in [-0.05, 0) is 194 Å². The summed E-state index contributed by atoms with van der Waals surface area (Å²) in [5, 5.41) is 0. The fourth-order valence-electron chi connectivity index (χ4n) is 10.4. The lowest BCUT2D eigenvalue weighted by atomic mass is 10.1. The van der Waals surface area contributed by atoms with E-state index in [0.717, 1.165) is 94.6 Å². The predicted molar refractivity (Wildman–Crippen MR) is 424 cm³/mol. The highest BCUT2D eigenvalue weighted by Crippen LogP contribution is 2.33. The first-order chi connectivity index (χ1) is 51.9. The zero-order valence-corrected chi connectivity index (χ0v) is 56.9. The Morgan fingerprint density at radius 1 is 0.105 bits per heavy atom. The molecule has 0 amide bonds. The predicted octanol–water partition coefficient (Wildman–Crippen LogP) is 21.3. The van der Waals surface area contributed by atoms with Gasteiger partial charge in [0, 0.05) is 106 Å². The number of hydrogen-bond donors (Lipinski definition) is 0. The molecule has 0 N–H and O–H groups in total. The fraction of sp³-hybridized carbons (Fsp3) is 0. The summed E-state index contributed by atoms with van der Waals surface area (Å²) in [7, 11) is 0. The average molecular weight is 1330 g/mol. The summed E-state index contributed by atoms with van der Waals surface area (Å²) < 4.78 is 19.7. The Labute approximate surface area is 615 Å². The van der Waals surface area contributed by atoms with Crippen molar-refractivity contribution >= 4 is 0 Å². The van der Waals surface area contributed by atoms with E-state index in [0.29, 0.717) is 40.1 Å². The second kappa shape index (κ2) is 35.9. The number of rotatable bonds is 6. The standard InChI is InChI=1S/C58H34O2.C44H26O/c1-6-16-45(17-7-1)26-31-50-36-51(32-27-46-18-8-2-9-19-46)39-55(38-50)59-57-42-54(35-30-49-24-14-5-15-25-49)43-58(44-57)60-56-40-52(33-28-47-20-10-3-11-21-47)37-53(41-56)34-29-48-22-12-4-13-23-48;1-5-13-35(14-6-1)21-25-39-29-40(26-22-36-15-7-2-8-16-36)32-43(31-39)45-44-33-41(27-23-37-17-9-3-10-18-37)30-42(34-44)28-24-38-19-11-4-12-20-38/h1-25,36-44H;1-20,29-34H. The van der Waals surface area contributed by atoms with E-state index in [1.165, 1.54) is 0 Å². The second-order valence-corrected chi connectivity index (χ2v) is 23.5. The van der Waals surface area contributed by atoms with Gasteiger partial charge in [0.2, 0.25) is 0 Å². The summed E-state index contributed by atoms with van der Waals surface area (Å²) in [6.45, 7) is 0. The van der Waals surface area contributed by atoms with Gasteiger partial charge in [0.15, 0.2) is 0 Å². The van der Waals surface area contributed by atoms with Crippen LogP contribution in [0.1, 0.15) is 100 Å². The van der Waals surface area contributed by atoms with Crippen LogP contribution in [0.2, 0.25) is 0 Å². The fourth-order valence-corrected chi connectivity index (χ4v) is 10.4. The number of benzene rings is 14. The summed E-state index contributed by atoms with van der Waals surface area (Å²) in [6, 6.07) is 118. The third-order valence-corrected chi connectivity index (χ3v) is 15.3. The summed E-state index contributed by atoms with van der Waals surface area (Å²) in [6.07, 6.45) is 0. The van der Waals surface area contributed by atoms with Crippen LogP contribution in [0.15, 0.2) is 364 Å². The quantitative estimate of drug-likeness (QED) is 0.155. The van der Waals surface area contributed by atoms with Gasteiger partial charge in [0.1, 0.15) is 34.5 Å². The Hall–Kier alpha value is -15.5. The molecule has 0 aromatic heterocycles. The van der Waals surface area contributed by atoms with E-state index in [4.69, 9.17) is 14.2 Å². The first-order valence-electron chi connectivity index (χ1n) is 33.8. The largest absolute Gasteiger partial charge is 0.457 e. The van der Waals surface area contributed by atoms with Crippen LogP contribution in [0, 0.1) is 107 Å². The molecule has 0 bridgehead atoms. The third-order valence-electron chi connectivity index (χ3n) is 15.3. The van der Waals surface area contributed by atoms with E-state index in [1.54, 1.807) is 0 Å². The van der Waals surface area contributed by atoms with Crippen LogP contribution < -0.4 is 14.2 Å². The van der Waals surface area contributed by atoms with Crippen LogP contribution >= 0.6 is 0 Å². The minimum absolute atomic E-state index is 0.532. The molecule has 0 heterocycles. The topological polar surface area (TPSA) is 27.7 Å². The number of hydrogen-bond acceptors (Lipinski definition) is 3. The molecule has 0 aliphatic carbocycles. The molecule has 0 spiro atoms. The first kappa shape index (κ1) is 68.1. The van der Waals surface area contributed by atoms with E-state index in [-0.39, 0.29) is 0 Å². The van der Waals surface area contributed by atoms with Gasteiger partial charge in [-0.15, -0.1) is 0 Å². The van der Waals surface area contributed by atoms with Crippen molar-refractivity contribution in [3.8, 4) is 141 Å². The maximum atomic E-state index is 6.63. The summed E-state index contributed by atoms with van der Waals surface area (Å²) in [5.74, 6) is 62.4. The molecule has 14 aromatic rings. The van der Waals surface area contributed by atoms with Crippen LogP contribution in [-0.2, 0) is 0 Å². The molecule has 14 rings (SSSR count). The SMILES string of the molecule is C(#Cc1cc(C#Cc2ccccc2)cc(Oc2cc(C#Cc3ccccc3)cc(C#Cc3ccccc3)c2)c1)c1ccccc1.C(#Cc1cc(C#Cc2ccccc2)cc(Oc2cc(C#Cc3ccccc3)cc(Oc3cc(C#Cc4ccccc4)cc(C#Cc4ccccc4)c3)c2)c1)c1ccccc1. The zero-order valence-electron chi connectivity index (χ0n) is 56.9. The van der Waals surface area contributed by atoms with E-state index >= 15 is 0 Å². The van der Waals surface area contributed by atoms with E-state index in [2.05, 4.69) is 107 Å². The maximum absolute atomic E-state index is 6.63. The minimum Gasteiger partial charge on any atom is -0.457 e. The molecule has 3 nitrogen and oxygen atoms in total. The summed E-state index contributed by atoms with van der Waals surface area (Å²) >= 11 is 0. The van der Waals surface area contributed by atoms with Gasteiger partial charge < -0.3 is 14.2 Å². The van der Waals surface area contributed by atoms with Crippen LogP contribution in [0.5, 0.6) is 34.5 Å². The van der Waals surface area contributed by atoms with Gasteiger partial charge in [-0.3, -0.25) is 0 Å². The van der Waals surface area contributed by atoms with Crippen molar-refractivity contribution in [3.63, 3.8) is 0 Å². The molecular formula is C102H60O3. The Kier molecular flexibility index (Phi) is 23.2. The normalized spacial score (nSPS) is 9.60. The Balaban J connectivity index is 0.000000194. The Bertz CT molecular complexity index is 5340. The van der Waals surface area contributed by atoms with Crippen molar-refractivity contribution in [1.82, 2.24) is 0 Å². The van der Waals surface area contributed by atoms with Gasteiger partial charge in [0.25, 0.3) is 0 Å². The number of ether oxygens (including phenoxy) is 3. The summed E-state index contributed by atoms with van der Waals surface area (Å²) in [5.41, 5.74) is 15.3. The Morgan fingerprint density at radius 2 is 0.210 bits per heavy atom. The first-order valence-corrected chi connectivity index (χ1v) is 33.8. The highest BCUT2D eigenvalue weighted by Gasteiger charge is 2.11. The van der Waals surface area contributed by atoms with Crippen molar-refractivity contribution in [2.75, 3.05) is 0 Å². The van der Waals surface area contributed by atoms with E-state index in [9.17, 15) is 0 Å². The Morgan fingerprint density at radius 3 is 0.343 bits per heavy atom. The maximum Gasteiger partial charge on any atom is 0.132 e. The molecule has 0 saturated heterocycles. The van der Waals surface area contributed by atoms with Crippen molar-refractivity contribution < 1.29 is 14.2 Å². The molecule has 3 heteroatoms. The van der Waals surface area contributed by atoms with Gasteiger partial charge in [-0.2, -0.15) is 0 Å². The molecule has 0 atom stereocenters. The molecule has 0 unspecified atom stereocenters. The van der Waals surface area contributed by atoms with Gasteiger partial charge in [-0.1, -0.05) is 270 Å². The van der Waals surface area contributed by atoms with Gasteiger partial charge >= 0.3 is 0 Å². The van der Waals surface area contributed by atoms with E-state index in [1.807, 2.05) is 364 Å². The lowest BCUT2D eigenvalue weighted by Gasteiger charge is -2.12. The molecule has 0 radical (unpaired) electrons. The monoisotopic (exact) mass is 1330 g/mol. The molecule has 14 aromatic carbocycles. The van der Waals surface area contributed by atoms with Crippen LogP contribution in [0.4, 0.5) is 0 Å². The molecule has 0 aliphatic heterocycles. The zero-order chi connectivity index (χ0) is 71.1. The smallest absolute Gasteiger partial charge is 0.132 e. The third kappa shape index (κ3) is 22.0. The highest BCUT2D eigenvalue weighted by molar-refractivity contribution is 5.60. The molecular weight excluding hydrogens is 1270 g/mol. The van der Waals surface area contributed by atoms with Crippen molar-refractivity contribution in [2.24, 2.45) is 0 Å². The van der Waals surface area contributed by atoms with Crippen molar-refractivity contribution in [3.05, 3.63) is 464 Å². The lowest BCUT2D eigenvalue weighted by Crippen LogP contribution is -1.92. The molecule has 0 fully saturated rings. The van der Waals surface area contributed by atoms with Gasteiger partial charge in [0.05, 0.1) is 0 Å². The van der Waals surface area contributed by atoms with Gasteiger partial charge in [-0.25, -0.2) is 0 Å². The summed E-state index contributed by atoms with van der Waals surface area (Å²) in [4.78, 5) is 0. The highest BCUT2D eigenvalue weighted by atomic mass is 16.5.